The monoisotopic (exact) mass is 1780 g/mol. The number of methoxy groups -OCH3 is 3. The van der Waals surface area contributed by atoms with Crippen molar-refractivity contribution < 1.29 is 110 Å². The van der Waals surface area contributed by atoms with Gasteiger partial charge in [-0.15, -0.1) is 5.10 Å². The Morgan fingerprint density at radius 1 is 0.724 bits per heavy atom. The highest BCUT2D eigenvalue weighted by atomic mass is 16.6. The van der Waals surface area contributed by atoms with Gasteiger partial charge in [0.2, 0.25) is 11.7 Å². The Balaban J connectivity index is 0.586. The number of nitrogens with one attached hydrogen (secondary N) is 2. The maximum Gasteiger partial charge on any atom is 0.329 e. The third kappa shape index (κ3) is 32.4. The number of hydrogen-bond acceptors (Lipinski definition) is 29. The van der Waals surface area contributed by atoms with Crippen LogP contribution in [0.3, 0.4) is 0 Å². The molecule has 0 unspecified atom stereocenters. The van der Waals surface area contributed by atoms with Gasteiger partial charge < -0.3 is 103 Å². The summed E-state index contributed by atoms with van der Waals surface area (Å²) >= 11 is 0. The van der Waals surface area contributed by atoms with Gasteiger partial charge in [-0.3, -0.25) is 24.0 Å². The number of nitrogen functional groups attached to an aromatic ring is 1. The van der Waals surface area contributed by atoms with E-state index in [1.54, 1.807) is 68.6 Å². The van der Waals surface area contributed by atoms with Gasteiger partial charge in [0.1, 0.15) is 53.7 Å². The molecule has 2 amide bonds. The van der Waals surface area contributed by atoms with Crippen LogP contribution in [0, 0.1) is 35.5 Å². The van der Waals surface area contributed by atoms with Crippen LogP contribution in [0.5, 0.6) is 5.75 Å². The number of benzene rings is 1. The lowest BCUT2D eigenvalue weighted by atomic mass is 9.78. The van der Waals surface area contributed by atoms with E-state index in [1.165, 1.54) is 18.3 Å². The predicted molar refractivity (Wildman–Crippen MR) is 474 cm³/mol. The molecule has 2 bridgehead atoms. The van der Waals surface area contributed by atoms with Gasteiger partial charge in [0.15, 0.2) is 11.4 Å². The first kappa shape index (κ1) is 103. The number of Topliss-reactive ketones (excluding diaryl/α,β-unsaturated/α-hetero) is 3. The second-order valence-corrected chi connectivity index (χ2v) is 34.1. The second-order valence-electron chi connectivity index (χ2n) is 34.1. The fourth-order valence-corrected chi connectivity index (χ4v) is 16.8. The smallest absolute Gasteiger partial charge is 0.329 e. The maximum atomic E-state index is 14.8. The maximum absolute atomic E-state index is 14.8. The van der Waals surface area contributed by atoms with Crippen LogP contribution in [0.1, 0.15) is 163 Å². The number of aliphatic hydroxyl groups is 2. The quantitative estimate of drug-likeness (QED) is 0.00913. The van der Waals surface area contributed by atoms with Gasteiger partial charge in [-0.2, -0.15) is 5.10 Å². The van der Waals surface area contributed by atoms with Crippen LogP contribution >= 0.6 is 0 Å². The number of allylic oxidation sites excluding steroid dienone is 6. The molecule has 1 saturated carbocycles. The molecule has 0 spiro atoms. The number of phenols is 1. The largest absolute Gasteiger partial charge is 0.508 e. The number of aromatic nitrogens is 8. The number of piperidine rings is 1. The Morgan fingerprint density at radius 2 is 1.41 bits per heavy atom. The molecule has 7 heterocycles. The van der Waals surface area contributed by atoms with Crippen molar-refractivity contribution in [2.75, 3.05) is 152 Å². The Kier molecular flexibility index (Phi) is 44.0. The number of nitrogens with zero attached hydrogens (tertiary/aromatic N) is 8. The van der Waals surface area contributed by atoms with Crippen molar-refractivity contribution in [1.82, 2.24) is 49.9 Å². The van der Waals surface area contributed by atoms with E-state index in [1.807, 2.05) is 70.3 Å². The lowest BCUT2D eigenvalue weighted by molar-refractivity contribution is -0.265. The Hall–Kier alpha value is -8.17. The van der Waals surface area contributed by atoms with Crippen molar-refractivity contribution in [3.63, 3.8) is 0 Å². The third-order valence-electron chi connectivity index (χ3n) is 24.3. The molecule has 5 aromatic rings. The lowest BCUT2D eigenvalue weighted by Crippen LogP contribution is -2.61. The van der Waals surface area contributed by atoms with Crippen LogP contribution in [0.2, 0.25) is 0 Å². The summed E-state index contributed by atoms with van der Waals surface area (Å²) in [6.07, 6.45) is 19.3. The van der Waals surface area contributed by atoms with E-state index in [4.69, 9.17) is 77.1 Å². The molecule has 2 saturated heterocycles. The summed E-state index contributed by atoms with van der Waals surface area (Å²) in [6.45, 7) is 21.6. The number of carbonyl (C=O) groups excluding carboxylic acids is 6. The fourth-order valence-electron chi connectivity index (χ4n) is 16.8. The number of cyclic esters (lactones) is 1. The molecule has 7 N–H and O–H groups in total. The molecule has 4 aliphatic rings. The zero-order valence-corrected chi connectivity index (χ0v) is 76.2. The van der Waals surface area contributed by atoms with Gasteiger partial charge in [-0.05, 0) is 163 Å². The lowest BCUT2D eigenvalue weighted by Gasteiger charge is -2.42. The number of H-pyrrole nitrogens is 1. The molecule has 0 radical (unpaired) electrons. The van der Waals surface area contributed by atoms with Crippen LogP contribution in [0.15, 0.2) is 84.4 Å². The second kappa shape index (κ2) is 54.5. The van der Waals surface area contributed by atoms with Crippen LogP contribution in [-0.4, -0.2) is 296 Å². The topological polar surface area (TPSA) is 424 Å². The van der Waals surface area contributed by atoms with E-state index < -0.39 is 77.8 Å². The molecule has 4 aromatic heterocycles. The number of phenolic OH excluding ortho intramolecular Hbond substituents is 1. The first-order valence-electron chi connectivity index (χ1n) is 45.6. The van der Waals surface area contributed by atoms with Crippen LogP contribution < -0.4 is 11.1 Å². The molecular weight excluding hydrogens is 1640 g/mol. The normalized spacial score (nSPS) is 26.5. The van der Waals surface area contributed by atoms with Crippen LogP contribution in [0.4, 0.5) is 5.82 Å². The molecule has 34 nitrogen and oxygen atoms in total. The molecule has 1 aliphatic carbocycles. The number of anilines is 1. The van der Waals surface area contributed by atoms with E-state index in [2.05, 4.69) is 30.6 Å². The predicted octanol–water partition coefficient (Wildman–Crippen LogP) is 9.51. The van der Waals surface area contributed by atoms with E-state index in [-0.39, 0.29) is 85.6 Å². The fraction of sp³-hybridized carbons (Fsp3) is 0.688. The number of carbonyl (C=O) groups is 6. The number of aromatic amines is 1. The van der Waals surface area contributed by atoms with Crippen molar-refractivity contribution in [2.45, 2.75) is 232 Å². The minimum absolute atomic E-state index is 0.00507. The minimum atomic E-state index is -2.46. The number of esters is 1. The van der Waals surface area contributed by atoms with Gasteiger partial charge in [0.05, 0.1) is 153 Å². The Bertz CT molecular complexity index is 4320. The molecule has 9 rings (SSSR count). The average Bonchev–Trinajstić information content (AvgIpc) is 1.76. The highest BCUT2D eigenvalue weighted by molar-refractivity contribution is 6.39. The molecule has 706 valence electrons. The highest BCUT2D eigenvalue weighted by Gasteiger charge is 2.53. The molecular formula is C93H141N11O23. The van der Waals surface area contributed by atoms with Crippen LogP contribution in [0.25, 0.3) is 33.3 Å². The Labute approximate surface area is 746 Å². The number of amides is 2. The number of aryl methyl sites for hydroxylation is 2. The SMILES string of the molecule is CO[C@H]1C[C@@H]2CC[C@@H](C)[C@@](O)(O2)C(=O)C(=O)N2CCCC[C@H]2C(=O)O[C@H]([C@H](C)C[C@@H]2CC[C@@H](OCCCCc3cn(CCOCCOCCOCCOCCOCCOCCOCCOCCC(=O)NCCCCn4nc(-c5cc6cc(O)ccc6[nH]5)c5c(N)ncnc54)nn3)[C@H](OC)C2)CC(=O)[C@H](C)/C=C(/C)[C@@H](O)[C@@H](OC)C(=O)[C@H](C)C[C@H](C)\C=C/C=C\C=C/1C. The van der Waals surface area contributed by atoms with Crippen molar-refractivity contribution in [1.29, 1.82) is 0 Å². The number of ether oxygens (including phenoxy) is 14. The molecule has 3 fully saturated rings. The first-order chi connectivity index (χ1) is 61.4. The number of fused-ring (bicyclic) bond motifs is 5. The number of rotatable bonds is 45. The zero-order chi connectivity index (χ0) is 91.0. The highest BCUT2D eigenvalue weighted by Crippen LogP contribution is 2.40. The molecule has 15 atom stereocenters. The number of hydrogen-bond donors (Lipinski definition) is 6. The van der Waals surface area contributed by atoms with Gasteiger partial charge >= 0.3 is 5.97 Å². The minimum Gasteiger partial charge on any atom is -0.508 e. The molecule has 34 heteroatoms. The van der Waals surface area contributed by atoms with E-state index >= 15 is 0 Å². The van der Waals surface area contributed by atoms with E-state index in [9.17, 15) is 44.1 Å². The summed E-state index contributed by atoms with van der Waals surface area (Å²) in [5.74, 6) is -7.77. The van der Waals surface area contributed by atoms with Crippen molar-refractivity contribution >= 4 is 62.9 Å². The van der Waals surface area contributed by atoms with Crippen molar-refractivity contribution in [3.8, 4) is 17.1 Å². The van der Waals surface area contributed by atoms with Crippen LogP contribution in [-0.2, 0) is 115 Å². The number of aromatic hydroxyl groups is 1. The molecule has 1 aromatic carbocycles. The van der Waals surface area contributed by atoms with Gasteiger partial charge in [0, 0.05) is 102 Å². The summed E-state index contributed by atoms with van der Waals surface area (Å²) in [4.78, 5) is 97.9. The van der Waals surface area contributed by atoms with Gasteiger partial charge in [-0.25, -0.2) is 24.1 Å². The van der Waals surface area contributed by atoms with E-state index in [0.29, 0.717) is 205 Å². The molecule has 3 aliphatic heterocycles. The Morgan fingerprint density at radius 3 is 2.09 bits per heavy atom. The summed E-state index contributed by atoms with van der Waals surface area (Å²) in [7, 11) is 4.65. The van der Waals surface area contributed by atoms with Crippen molar-refractivity contribution in [2.24, 2.45) is 35.5 Å². The molecule has 127 heavy (non-hydrogen) atoms. The standard InChI is InChI=1S/C93H141N11O23/c1-62-20-12-11-13-21-63(2)79(114-8)58-73-27-24-68(7)93(113,127-73)88(110)91(111)103-32-17-14-23-76(103)92(112)126-80(59-77(106)64(3)53-67(6)86(109)87(116-10)85(108)66(5)52-62)65(4)54-69-25-29-78(81(55-69)115-9)125-35-19-15-22-71-60-102(101-99-71)34-37-118-39-41-120-43-45-122-47-49-124-51-50-123-48-46-121-44-42-119-40-38-117-36-30-82(107)95-31-16-18-33-104-90-83(89(94)96-61-97-90)84(100-104)75-57-70-56-72(105)26-28-74(70)98-75/h11-13,20-21,26,28,53,56-57,60-62,64-66,68-69,73,76,78-81,86-87,98,105,109,113H,14-19,22-25,27,29-52,54-55,58-59H2,1-10H3,(H,95,107)(H2,94,96,97)/b13-11-,20-12-,63-21-,67-53-/t62-,64-,65-,66-,68-,69+,73+,76+,78-,79+,80+,81-,86-,87+,93-/m1/s1. The van der Waals surface area contributed by atoms with Gasteiger partial charge in [-0.1, -0.05) is 76.3 Å². The summed E-state index contributed by atoms with van der Waals surface area (Å²) < 4.78 is 85.4. The van der Waals surface area contributed by atoms with Gasteiger partial charge in [0.25, 0.3) is 11.7 Å². The third-order valence-corrected chi connectivity index (χ3v) is 24.3. The number of nitrogens with two attached hydrogens (primary N) is 1. The summed E-state index contributed by atoms with van der Waals surface area (Å²) in [6, 6.07) is 5.84. The number of aliphatic hydroxyl groups excluding tert-OH is 1. The zero-order valence-electron chi connectivity index (χ0n) is 76.2. The van der Waals surface area contributed by atoms with Crippen molar-refractivity contribution in [3.05, 3.63) is 90.1 Å². The summed E-state index contributed by atoms with van der Waals surface area (Å²) in [5, 5.41) is 51.7. The average molecular weight is 1780 g/mol. The number of unbranched alkanes of at least 4 members (excludes halogenated alkanes) is 2. The number of ketones is 3. The first-order valence-corrected chi connectivity index (χ1v) is 45.6. The van der Waals surface area contributed by atoms with E-state index in [0.717, 1.165) is 72.8 Å². The summed E-state index contributed by atoms with van der Waals surface area (Å²) in [5.41, 5.74) is 11.2.